The molecular weight excluding hydrogens is 360 g/mol. The van der Waals surface area contributed by atoms with E-state index in [0.717, 1.165) is 24.0 Å². The Bertz CT molecular complexity index is 1030. The summed E-state index contributed by atoms with van der Waals surface area (Å²) in [6.07, 6.45) is 1.72. The Labute approximate surface area is 162 Å². The number of amides is 2. The summed E-state index contributed by atoms with van der Waals surface area (Å²) in [5.74, 6) is 0.287. The van der Waals surface area contributed by atoms with Gasteiger partial charge in [0.1, 0.15) is 11.3 Å². The summed E-state index contributed by atoms with van der Waals surface area (Å²) in [5, 5.41) is 3.68. The topological polar surface area (TPSA) is 88.9 Å². The first-order chi connectivity index (χ1) is 13.3. The third-order valence-electron chi connectivity index (χ3n) is 5.82. The van der Waals surface area contributed by atoms with Gasteiger partial charge in [-0.25, -0.2) is 4.79 Å². The number of nitrogens with zero attached hydrogens (tertiary/aromatic N) is 1. The number of nitrogens with one attached hydrogen (secondary N) is 1. The first-order valence-corrected chi connectivity index (χ1v) is 9.59. The molecule has 0 saturated carbocycles. The van der Waals surface area contributed by atoms with Gasteiger partial charge in [-0.15, -0.1) is 0 Å². The minimum atomic E-state index is -0.366. The standard InChI is InChI=1S/C21H24N2O5/c1-11-6-16(19-12(2)13(3)21(26)28-17(19)7-11)27-10-18(24)23-8-14-4-5-15(9-23)22-20(14)25/h6-7,14-15H,4-5,8-10H2,1-3H3,(H,22,25)/t14-,15+/m1/s1. The van der Waals surface area contributed by atoms with Gasteiger partial charge in [0.15, 0.2) is 6.61 Å². The van der Waals surface area contributed by atoms with Gasteiger partial charge in [0, 0.05) is 24.7 Å². The number of carbonyl (C=O) groups is 2. The maximum atomic E-state index is 12.8. The van der Waals surface area contributed by atoms with Gasteiger partial charge in [0.25, 0.3) is 5.91 Å². The maximum Gasteiger partial charge on any atom is 0.339 e. The first-order valence-electron chi connectivity index (χ1n) is 9.59. The highest BCUT2D eigenvalue weighted by atomic mass is 16.5. The van der Waals surface area contributed by atoms with Gasteiger partial charge in [-0.05, 0) is 56.9 Å². The highest BCUT2D eigenvalue weighted by Gasteiger charge is 2.36. The number of fused-ring (bicyclic) bond motifs is 5. The Balaban J connectivity index is 1.57. The number of piperidine rings is 1. The van der Waals surface area contributed by atoms with Gasteiger partial charge < -0.3 is 19.4 Å². The molecule has 7 nitrogen and oxygen atoms in total. The summed E-state index contributed by atoms with van der Waals surface area (Å²) in [6, 6.07) is 3.66. The molecule has 0 spiro atoms. The number of hydrogen-bond acceptors (Lipinski definition) is 5. The molecule has 1 aromatic carbocycles. The molecule has 2 aromatic rings. The van der Waals surface area contributed by atoms with E-state index in [4.69, 9.17) is 9.15 Å². The molecule has 3 saturated heterocycles. The van der Waals surface area contributed by atoms with Crippen LogP contribution in [0.15, 0.2) is 21.3 Å². The molecule has 2 atom stereocenters. The fraction of sp³-hybridized carbons (Fsp3) is 0.476. The molecule has 4 heterocycles. The number of aryl methyl sites for hydroxylation is 2. The van der Waals surface area contributed by atoms with Crippen LogP contribution in [0.5, 0.6) is 5.75 Å². The normalized spacial score (nSPS) is 21.5. The van der Waals surface area contributed by atoms with Crippen molar-refractivity contribution < 1.29 is 18.7 Å². The van der Waals surface area contributed by atoms with Crippen LogP contribution in [0.3, 0.4) is 0 Å². The number of rotatable bonds is 3. The minimum Gasteiger partial charge on any atom is -0.483 e. The van der Waals surface area contributed by atoms with E-state index in [0.29, 0.717) is 35.4 Å². The molecule has 3 aliphatic rings. The summed E-state index contributed by atoms with van der Waals surface area (Å²) in [6.45, 7) is 6.28. The van der Waals surface area contributed by atoms with E-state index in [-0.39, 0.29) is 36.0 Å². The summed E-state index contributed by atoms with van der Waals surface area (Å²) in [7, 11) is 0. The fourth-order valence-electron chi connectivity index (χ4n) is 4.08. The van der Waals surface area contributed by atoms with Crippen LogP contribution in [-0.2, 0) is 9.59 Å². The molecule has 1 aromatic heterocycles. The molecule has 3 aliphatic heterocycles. The molecule has 0 unspecified atom stereocenters. The van der Waals surface area contributed by atoms with Gasteiger partial charge in [-0.3, -0.25) is 9.59 Å². The summed E-state index contributed by atoms with van der Waals surface area (Å²) >= 11 is 0. The van der Waals surface area contributed by atoms with E-state index in [1.54, 1.807) is 17.9 Å². The van der Waals surface area contributed by atoms with Gasteiger partial charge in [0.05, 0.1) is 11.3 Å². The monoisotopic (exact) mass is 384 g/mol. The molecule has 5 rings (SSSR count). The fourth-order valence-corrected chi connectivity index (χ4v) is 4.08. The van der Waals surface area contributed by atoms with E-state index in [2.05, 4.69) is 5.32 Å². The predicted octanol–water partition coefficient (Wildman–Crippen LogP) is 1.83. The zero-order chi connectivity index (χ0) is 20.0. The van der Waals surface area contributed by atoms with E-state index in [9.17, 15) is 14.4 Å². The molecule has 28 heavy (non-hydrogen) atoms. The van der Waals surface area contributed by atoms with Crippen molar-refractivity contribution in [2.45, 2.75) is 39.7 Å². The Morgan fingerprint density at radius 2 is 1.96 bits per heavy atom. The SMILES string of the molecule is Cc1cc(OCC(=O)N2C[C@@H]3CC[C@H](C2)C(=O)N3)c2c(C)c(C)c(=O)oc2c1. The third kappa shape index (κ3) is 3.25. The average molecular weight is 384 g/mol. The van der Waals surface area contributed by atoms with Crippen LogP contribution in [-0.4, -0.2) is 42.5 Å². The van der Waals surface area contributed by atoms with E-state index < -0.39 is 0 Å². The lowest BCUT2D eigenvalue weighted by Crippen LogP contribution is -2.44. The summed E-state index contributed by atoms with van der Waals surface area (Å²) in [4.78, 5) is 38.4. The Hall–Kier alpha value is -2.83. The van der Waals surface area contributed by atoms with Crippen LogP contribution in [0.1, 0.15) is 29.5 Å². The lowest BCUT2D eigenvalue weighted by Gasteiger charge is -2.23. The van der Waals surface area contributed by atoms with Crippen molar-refractivity contribution in [1.82, 2.24) is 10.2 Å². The first kappa shape index (κ1) is 18.5. The van der Waals surface area contributed by atoms with E-state index in [1.165, 1.54) is 0 Å². The zero-order valence-corrected chi connectivity index (χ0v) is 16.3. The number of benzene rings is 1. The highest BCUT2D eigenvalue weighted by Crippen LogP contribution is 2.31. The smallest absolute Gasteiger partial charge is 0.339 e. The predicted molar refractivity (Wildman–Crippen MR) is 103 cm³/mol. The number of carbonyl (C=O) groups excluding carboxylic acids is 2. The largest absolute Gasteiger partial charge is 0.483 e. The van der Waals surface area contributed by atoms with Gasteiger partial charge in [0.2, 0.25) is 5.91 Å². The van der Waals surface area contributed by atoms with Crippen LogP contribution in [0.25, 0.3) is 11.0 Å². The van der Waals surface area contributed by atoms with Crippen molar-refractivity contribution in [2.24, 2.45) is 5.92 Å². The minimum absolute atomic E-state index is 0.0224. The van der Waals surface area contributed by atoms with Gasteiger partial charge >= 0.3 is 5.63 Å². The maximum absolute atomic E-state index is 12.8. The van der Waals surface area contributed by atoms with Crippen molar-refractivity contribution in [3.8, 4) is 5.75 Å². The molecule has 148 valence electrons. The summed E-state index contributed by atoms with van der Waals surface area (Å²) in [5.41, 5.74) is 2.29. The van der Waals surface area contributed by atoms with Crippen LogP contribution >= 0.6 is 0 Å². The highest BCUT2D eigenvalue weighted by molar-refractivity contribution is 5.89. The molecule has 0 radical (unpaired) electrons. The zero-order valence-electron chi connectivity index (χ0n) is 16.3. The second-order valence-electron chi connectivity index (χ2n) is 7.84. The Morgan fingerprint density at radius 1 is 1.18 bits per heavy atom. The van der Waals surface area contributed by atoms with Crippen LogP contribution in [0, 0.1) is 26.7 Å². The molecule has 2 bridgehead atoms. The Morgan fingerprint density at radius 3 is 2.71 bits per heavy atom. The van der Waals surface area contributed by atoms with E-state index in [1.807, 2.05) is 19.9 Å². The van der Waals surface area contributed by atoms with Crippen molar-refractivity contribution in [3.63, 3.8) is 0 Å². The van der Waals surface area contributed by atoms with Crippen LogP contribution < -0.4 is 15.7 Å². The Kier molecular flexibility index (Phi) is 4.61. The molecule has 7 heteroatoms. The summed E-state index contributed by atoms with van der Waals surface area (Å²) < 4.78 is 11.3. The van der Waals surface area contributed by atoms with Gasteiger partial charge in [-0.2, -0.15) is 0 Å². The van der Waals surface area contributed by atoms with Crippen molar-refractivity contribution in [2.75, 3.05) is 19.7 Å². The molecule has 2 amide bonds. The molecule has 1 N–H and O–H groups in total. The lowest BCUT2D eigenvalue weighted by molar-refractivity contribution is -0.134. The second kappa shape index (κ2) is 6.96. The molecule has 0 aliphatic carbocycles. The third-order valence-corrected chi connectivity index (χ3v) is 5.82. The van der Waals surface area contributed by atoms with Crippen molar-refractivity contribution >= 4 is 22.8 Å². The average Bonchev–Trinajstić information content (AvgIpc) is 2.95. The van der Waals surface area contributed by atoms with Crippen molar-refractivity contribution in [3.05, 3.63) is 39.2 Å². The second-order valence-corrected chi connectivity index (χ2v) is 7.84. The van der Waals surface area contributed by atoms with Crippen LogP contribution in [0.2, 0.25) is 0 Å². The van der Waals surface area contributed by atoms with E-state index >= 15 is 0 Å². The van der Waals surface area contributed by atoms with Crippen molar-refractivity contribution in [1.29, 1.82) is 0 Å². The molecular formula is C21H24N2O5. The lowest BCUT2D eigenvalue weighted by atomic mass is 9.96. The number of hydrogen-bond donors (Lipinski definition) is 1. The van der Waals surface area contributed by atoms with Crippen LogP contribution in [0.4, 0.5) is 0 Å². The van der Waals surface area contributed by atoms with Gasteiger partial charge in [-0.1, -0.05) is 0 Å². The molecule has 3 fully saturated rings. The quantitative estimate of drug-likeness (QED) is 0.816. The number of ether oxygens (including phenoxy) is 1.